The lowest BCUT2D eigenvalue weighted by Gasteiger charge is -2.20. The molecule has 0 heterocycles. The summed E-state index contributed by atoms with van der Waals surface area (Å²) in [6.45, 7) is 7.77. The van der Waals surface area contributed by atoms with Gasteiger partial charge in [-0.2, -0.15) is 0 Å². The van der Waals surface area contributed by atoms with E-state index in [9.17, 15) is 13.2 Å². The molecular weight excluding hydrogens is 302 g/mol. The van der Waals surface area contributed by atoms with Crippen molar-refractivity contribution in [3.63, 3.8) is 0 Å². The van der Waals surface area contributed by atoms with E-state index >= 15 is 0 Å². The third-order valence-electron chi connectivity index (χ3n) is 2.93. The molecule has 1 atom stereocenters. The molecule has 0 aliphatic heterocycles. The van der Waals surface area contributed by atoms with Gasteiger partial charge in [0.2, 0.25) is 10.0 Å². The van der Waals surface area contributed by atoms with Crippen molar-refractivity contribution in [2.75, 3.05) is 13.6 Å². The van der Waals surface area contributed by atoms with Gasteiger partial charge in [0.1, 0.15) is 0 Å². The van der Waals surface area contributed by atoms with Gasteiger partial charge in [-0.05, 0) is 59.0 Å². The molecule has 0 aromatic heterocycles. The quantitative estimate of drug-likeness (QED) is 0.730. The van der Waals surface area contributed by atoms with Gasteiger partial charge in [0.05, 0.1) is 4.90 Å². The molecule has 0 aliphatic carbocycles. The van der Waals surface area contributed by atoms with Crippen LogP contribution in [0.5, 0.6) is 0 Å². The van der Waals surface area contributed by atoms with Crippen molar-refractivity contribution in [1.29, 1.82) is 0 Å². The number of nitrogens with one attached hydrogen (secondary N) is 3. The van der Waals surface area contributed by atoms with E-state index in [1.807, 2.05) is 14.0 Å². The zero-order valence-corrected chi connectivity index (χ0v) is 14.5. The first-order chi connectivity index (χ1) is 10.0. The summed E-state index contributed by atoms with van der Waals surface area (Å²) in [5.74, 6) is -0.227. The van der Waals surface area contributed by atoms with Crippen molar-refractivity contribution in [3.8, 4) is 0 Å². The minimum Gasteiger partial charge on any atom is -0.350 e. The highest BCUT2D eigenvalue weighted by molar-refractivity contribution is 7.89. The standard InChI is InChI=1S/C15H25N3O3S/c1-11(16-5)10-17-14(19)12-6-8-13(9-7-12)22(20,21)18-15(2,3)4/h6-9,11,16,18H,10H2,1-5H3,(H,17,19). The van der Waals surface area contributed by atoms with E-state index in [-0.39, 0.29) is 16.8 Å². The minimum atomic E-state index is -3.58. The molecule has 0 bridgehead atoms. The van der Waals surface area contributed by atoms with E-state index in [1.165, 1.54) is 24.3 Å². The summed E-state index contributed by atoms with van der Waals surface area (Å²) in [7, 11) is -1.76. The van der Waals surface area contributed by atoms with Crippen LogP contribution in [0.15, 0.2) is 29.2 Å². The van der Waals surface area contributed by atoms with E-state index in [0.29, 0.717) is 12.1 Å². The number of likely N-dealkylation sites (N-methyl/N-ethyl adjacent to an activating group) is 1. The molecule has 1 aromatic carbocycles. The van der Waals surface area contributed by atoms with E-state index in [2.05, 4.69) is 15.4 Å². The van der Waals surface area contributed by atoms with Gasteiger partial charge < -0.3 is 10.6 Å². The van der Waals surface area contributed by atoms with Gasteiger partial charge in [0, 0.05) is 23.7 Å². The highest BCUT2D eigenvalue weighted by Crippen LogP contribution is 2.13. The summed E-state index contributed by atoms with van der Waals surface area (Å²) in [5, 5.41) is 5.80. The number of hydrogen-bond donors (Lipinski definition) is 3. The number of rotatable bonds is 6. The number of amides is 1. The van der Waals surface area contributed by atoms with Crippen molar-refractivity contribution >= 4 is 15.9 Å². The molecule has 1 amide bonds. The van der Waals surface area contributed by atoms with Crippen LogP contribution in [-0.4, -0.2) is 39.5 Å². The van der Waals surface area contributed by atoms with Crippen LogP contribution in [0, 0.1) is 0 Å². The first-order valence-corrected chi connectivity index (χ1v) is 8.63. The number of hydrogen-bond acceptors (Lipinski definition) is 4. The predicted molar refractivity (Wildman–Crippen MR) is 87.4 cm³/mol. The molecule has 7 heteroatoms. The highest BCUT2D eigenvalue weighted by Gasteiger charge is 2.22. The van der Waals surface area contributed by atoms with E-state index in [4.69, 9.17) is 0 Å². The molecule has 0 saturated heterocycles. The van der Waals surface area contributed by atoms with Crippen molar-refractivity contribution in [1.82, 2.24) is 15.4 Å². The first kappa shape index (κ1) is 18.6. The molecule has 6 nitrogen and oxygen atoms in total. The Morgan fingerprint density at radius 2 is 1.73 bits per heavy atom. The van der Waals surface area contributed by atoms with Gasteiger partial charge in [-0.1, -0.05) is 0 Å². The van der Waals surface area contributed by atoms with Gasteiger partial charge in [0.15, 0.2) is 0 Å². The smallest absolute Gasteiger partial charge is 0.251 e. The van der Waals surface area contributed by atoms with Gasteiger partial charge in [0.25, 0.3) is 5.91 Å². The fourth-order valence-electron chi connectivity index (χ4n) is 1.70. The van der Waals surface area contributed by atoms with Crippen LogP contribution in [0.2, 0.25) is 0 Å². The summed E-state index contributed by atoms with van der Waals surface area (Å²) in [6, 6.07) is 6.06. The Hall–Kier alpha value is -1.44. The maximum Gasteiger partial charge on any atom is 0.251 e. The Balaban J connectivity index is 2.80. The molecule has 0 spiro atoms. The molecule has 0 radical (unpaired) electrons. The monoisotopic (exact) mass is 327 g/mol. The van der Waals surface area contributed by atoms with Crippen LogP contribution in [0.25, 0.3) is 0 Å². The SMILES string of the molecule is CNC(C)CNC(=O)c1ccc(S(=O)(=O)NC(C)(C)C)cc1. The van der Waals surface area contributed by atoms with Crippen molar-refractivity contribution < 1.29 is 13.2 Å². The van der Waals surface area contributed by atoms with E-state index in [1.54, 1.807) is 20.8 Å². The fraction of sp³-hybridized carbons (Fsp3) is 0.533. The summed E-state index contributed by atoms with van der Waals surface area (Å²) < 4.78 is 26.9. The second-order valence-corrected chi connectivity index (χ2v) is 7.96. The molecule has 1 rings (SSSR count). The molecule has 3 N–H and O–H groups in total. The van der Waals surface area contributed by atoms with Crippen LogP contribution in [-0.2, 0) is 10.0 Å². The summed E-state index contributed by atoms with van der Waals surface area (Å²) in [6.07, 6.45) is 0. The zero-order chi connectivity index (χ0) is 17.0. The average molecular weight is 327 g/mol. The zero-order valence-electron chi connectivity index (χ0n) is 13.7. The summed E-state index contributed by atoms with van der Waals surface area (Å²) >= 11 is 0. The number of sulfonamides is 1. The van der Waals surface area contributed by atoms with Crippen LogP contribution in [0.3, 0.4) is 0 Å². The highest BCUT2D eigenvalue weighted by atomic mass is 32.2. The van der Waals surface area contributed by atoms with Crippen LogP contribution in [0.1, 0.15) is 38.1 Å². The van der Waals surface area contributed by atoms with Crippen molar-refractivity contribution in [2.24, 2.45) is 0 Å². The molecular formula is C15H25N3O3S. The third kappa shape index (κ3) is 5.75. The Morgan fingerprint density at radius 1 is 1.18 bits per heavy atom. The van der Waals surface area contributed by atoms with E-state index < -0.39 is 15.6 Å². The lowest BCUT2D eigenvalue weighted by atomic mass is 10.1. The van der Waals surface area contributed by atoms with Crippen LogP contribution in [0.4, 0.5) is 0 Å². The Labute approximate surface area is 132 Å². The van der Waals surface area contributed by atoms with Crippen molar-refractivity contribution in [3.05, 3.63) is 29.8 Å². The molecule has 0 aliphatic rings. The van der Waals surface area contributed by atoms with Gasteiger partial charge in [-0.25, -0.2) is 13.1 Å². The topological polar surface area (TPSA) is 87.3 Å². The molecule has 0 fully saturated rings. The lowest BCUT2D eigenvalue weighted by Crippen LogP contribution is -2.40. The third-order valence-corrected chi connectivity index (χ3v) is 4.70. The number of carbonyl (C=O) groups excluding carboxylic acids is 1. The lowest BCUT2D eigenvalue weighted by molar-refractivity contribution is 0.0950. The largest absolute Gasteiger partial charge is 0.350 e. The first-order valence-electron chi connectivity index (χ1n) is 7.14. The van der Waals surface area contributed by atoms with Gasteiger partial charge in [-0.3, -0.25) is 4.79 Å². The normalized spacial score (nSPS) is 13.7. The average Bonchev–Trinajstić information content (AvgIpc) is 2.42. The Bertz CT molecular complexity index is 604. The Morgan fingerprint density at radius 3 is 2.18 bits per heavy atom. The fourth-order valence-corrected chi connectivity index (χ4v) is 3.12. The number of benzene rings is 1. The number of carbonyl (C=O) groups is 1. The predicted octanol–water partition coefficient (Wildman–Crippen LogP) is 1.10. The van der Waals surface area contributed by atoms with Gasteiger partial charge in [-0.15, -0.1) is 0 Å². The van der Waals surface area contributed by atoms with Crippen LogP contribution < -0.4 is 15.4 Å². The maximum atomic E-state index is 12.2. The Kier molecular flexibility index (Phi) is 6.10. The molecule has 124 valence electrons. The second-order valence-electron chi connectivity index (χ2n) is 6.28. The molecule has 1 aromatic rings. The summed E-state index contributed by atoms with van der Waals surface area (Å²) in [5.41, 5.74) is -0.129. The summed E-state index contributed by atoms with van der Waals surface area (Å²) in [4.78, 5) is 12.1. The molecule has 1 unspecified atom stereocenters. The molecule has 0 saturated carbocycles. The maximum absolute atomic E-state index is 12.2. The van der Waals surface area contributed by atoms with Crippen LogP contribution >= 0.6 is 0 Å². The second kappa shape index (κ2) is 7.21. The van der Waals surface area contributed by atoms with Crippen molar-refractivity contribution in [2.45, 2.75) is 44.2 Å². The molecule has 22 heavy (non-hydrogen) atoms. The van der Waals surface area contributed by atoms with E-state index in [0.717, 1.165) is 0 Å². The van der Waals surface area contributed by atoms with Gasteiger partial charge >= 0.3 is 0 Å². The minimum absolute atomic E-state index is 0.141.